The summed E-state index contributed by atoms with van der Waals surface area (Å²) in [5.74, 6) is -0.781. The Bertz CT molecular complexity index is 1730. The number of hydrogen-bond donors (Lipinski definition) is 3. The lowest BCUT2D eigenvalue weighted by atomic mass is 10.0. The maximum atomic E-state index is 13.0. The number of hydrogen-bond acceptors (Lipinski definition) is 15. The van der Waals surface area contributed by atoms with Crippen molar-refractivity contribution in [1.29, 1.82) is 0 Å². The molecule has 5 atom stereocenters. The number of aliphatic hydroxyl groups is 1. The van der Waals surface area contributed by atoms with Gasteiger partial charge in [0.05, 0.1) is 26.4 Å². The van der Waals surface area contributed by atoms with Gasteiger partial charge in [-0.2, -0.15) is 0 Å². The van der Waals surface area contributed by atoms with Crippen LogP contribution in [0, 0.1) is 11.8 Å². The maximum absolute atomic E-state index is 13.0. The van der Waals surface area contributed by atoms with Crippen LogP contribution in [0.2, 0.25) is 0 Å². The van der Waals surface area contributed by atoms with Gasteiger partial charge in [-0.1, -0.05) is 305 Å². The molecule has 89 heavy (non-hydrogen) atoms. The normalized spacial score (nSPS) is 14.1. The smallest absolute Gasteiger partial charge is 0.462 e. The van der Waals surface area contributed by atoms with Crippen LogP contribution in [0.15, 0.2) is 0 Å². The zero-order chi connectivity index (χ0) is 65.7. The number of phosphoric acid groups is 2. The van der Waals surface area contributed by atoms with E-state index in [1.165, 1.54) is 167 Å². The molecule has 0 heterocycles. The Hall–Kier alpha value is -1.94. The number of unbranched alkanes of at least 4 members (excludes halogenated alkanes) is 39. The van der Waals surface area contributed by atoms with E-state index in [2.05, 4.69) is 41.5 Å². The minimum atomic E-state index is -4.95. The molecule has 0 saturated carbocycles. The van der Waals surface area contributed by atoms with Crippen molar-refractivity contribution in [2.75, 3.05) is 39.6 Å². The molecule has 0 bridgehead atoms. The molecular formula is C70H136O17P2. The third-order valence-corrected chi connectivity index (χ3v) is 18.1. The molecule has 0 aromatic heterocycles. The number of ether oxygens (including phenoxy) is 4. The fraction of sp³-hybridized carbons (Fsp3) is 0.943. The molecule has 0 saturated heterocycles. The number of rotatable bonds is 69. The predicted octanol–water partition coefficient (Wildman–Crippen LogP) is 20.0. The average Bonchev–Trinajstić information content (AvgIpc) is 3.51. The maximum Gasteiger partial charge on any atom is 0.472 e. The molecule has 0 rings (SSSR count). The van der Waals surface area contributed by atoms with Gasteiger partial charge in [-0.05, 0) is 37.5 Å². The monoisotopic (exact) mass is 1310 g/mol. The SMILES string of the molecule is CCCCCCCCCCCCCCCCCCCC(=O)O[C@H](COC(=O)CCCCCCCCCCCCCCCC)COP(=O)(O)OC[C@@H](O)COP(=O)(O)OC[C@@H](COC(=O)CCCCCCCCC(C)C)OC(=O)CCCCCCCCC(C)C. The highest BCUT2D eigenvalue weighted by atomic mass is 31.2. The standard InChI is InChI=1S/C70H136O17P2/c1-7-9-11-13-15-17-19-21-23-24-25-27-29-31-33-42-48-54-69(74)86-65(58-80-67(72)52-46-40-32-30-28-26-22-20-18-16-14-12-10-8-2)60-84-88(76,77)82-56-64(71)57-83-89(78,79)85-61-66(87-70(75)55-49-43-37-35-39-45-51-63(5)6)59-81-68(73)53-47-41-36-34-38-44-50-62(3)4/h62-66,71H,7-61H2,1-6H3,(H,76,77)(H,78,79)/t64-,65-,66-/m1/s1. The summed E-state index contributed by atoms with van der Waals surface area (Å²) in [7, 11) is -9.90. The first-order chi connectivity index (χ1) is 42.9. The molecular weight excluding hydrogens is 1170 g/mol. The van der Waals surface area contributed by atoms with Gasteiger partial charge in [-0.25, -0.2) is 9.13 Å². The first-order valence-electron chi connectivity index (χ1n) is 36.5. The van der Waals surface area contributed by atoms with Gasteiger partial charge < -0.3 is 33.8 Å². The van der Waals surface area contributed by atoms with Crippen LogP contribution in [0.5, 0.6) is 0 Å². The van der Waals surface area contributed by atoms with Gasteiger partial charge in [0.1, 0.15) is 19.3 Å². The Morgan fingerprint density at radius 2 is 0.517 bits per heavy atom. The van der Waals surface area contributed by atoms with Crippen molar-refractivity contribution in [2.45, 2.75) is 374 Å². The van der Waals surface area contributed by atoms with Crippen molar-refractivity contribution in [3.05, 3.63) is 0 Å². The second kappa shape index (κ2) is 62.2. The summed E-state index contributed by atoms with van der Waals surface area (Å²) < 4.78 is 68.2. The lowest BCUT2D eigenvalue weighted by Crippen LogP contribution is -2.30. The molecule has 0 aliphatic carbocycles. The number of carbonyl (C=O) groups excluding carboxylic acids is 4. The van der Waals surface area contributed by atoms with Crippen LogP contribution in [0.3, 0.4) is 0 Å². The summed E-state index contributed by atoms with van der Waals surface area (Å²) in [5, 5.41) is 10.6. The lowest BCUT2D eigenvalue weighted by molar-refractivity contribution is -0.161. The van der Waals surface area contributed by atoms with E-state index in [9.17, 15) is 43.2 Å². The Labute approximate surface area is 543 Å². The Morgan fingerprint density at radius 1 is 0.303 bits per heavy atom. The summed E-state index contributed by atoms with van der Waals surface area (Å²) in [6.45, 7) is 9.37. The fourth-order valence-electron chi connectivity index (χ4n) is 10.6. The first-order valence-corrected chi connectivity index (χ1v) is 39.5. The van der Waals surface area contributed by atoms with Crippen molar-refractivity contribution in [2.24, 2.45) is 11.8 Å². The second-order valence-electron chi connectivity index (χ2n) is 26.2. The molecule has 3 N–H and O–H groups in total. The van der Waals surface area contributed by atoms with Gasteiger partial charge in [0.15, 0.2) is 12.2 Å². The molecule has 0 aromatic rings. The van der Waals surface area contributed by atoms with Crippen LogP contribution in [0.25, 0.3) is 0 Å². The predicted molar refractivity (Wildman–Crippen MR) is 358 cm³/mol. The first kappa shape index (κ1) is 87.1. The molecule has 2 unspecified atom stereocenters. The lowest BCUT2D eigenvalue weighted by Gasteiger charge is -2.21. The minimum absolute atomic E-state index is 0.101. The van der Waals surface area contributed by atoms with Crippen molar-refractivity contribution in [3.63, 3.8) is 0 Å². The van der Waals surface area contributed by atoms with Crippen LogP contribution in [0.1, 0.15) is 356 Å². The molecule has 0 amide bonds. The minimum Gasteiger partial charge on any atom is -0.462 e. The van der Waals surface area contributed by atoms with Gasteiger partial charge in [0.25, 0.3) is 0 Å². The van der Waals surface area contributed by atoms with Crippen molar-refractivity contribution >= 4 is 39.5 Å². The van der Waals surface area contributed by atoms with E-state index in [1.54, 1.807) is 0 Å². The molecule has 0 radical (unpaired) electrons. The van der Waals surface area contributed by atoms with Gasteiger partial charge >= 0.3 is 39.5 Å². The Kier molecular flexibility index (Phi) is 60.8. The molecule has 0 aromatic carbocycles. The molecule has 0 spiro atoms. The van der Waals surface area contributed by atoms with E-state index in [0.29, 0.717) is 37.5 Å². The van der Waals surface area contributed by atoms with E-state index in [0.717, 1.165) is 96.3 Å². The van der Waals surface area contributed by atoms with E-state index in [4.69, 9.17) is 37.0 Å². The van der Waals surface area contributed by atoms with Crippen molar-refractivity contribution in [3.8, 4) is 0 Å². The number of aliphatic hydroxyl groups excluding tert-OH is 1. The zero-order valence-corrected chi connectivity index (χ0v) is 59.5. The highest BCUT2D eigenvalue weighted by Crippen LogP contribution is 2.45. The van der Waals surface area contributed by atoms with Crippen LogP contribution in [-0.2, 0) is 65.4 Å². The highest BCUT2D eigenvalue weighted by molar-refractivity contribution is 7.47. The van der Waals surface area contributed by atoms with Crippen LogP contribution in [0.4, 0.5) is 0 Å². The van der Waals surface area contributed by atoms with E-state index >= 15 is 0 Å². The number of phosphoric ester groups is 2. The van der Waals surface area contributed by atoms with Gasteiger partial charge in [0, 0.05) is 25.7 Å². The topological polar surface area (TPSA) is 237 Å². The Morgan fingerprint density at radius 3 is 0.764 bits per heavy atom. The molecule has 528 valence electrons. The van der Waals surface area contributed by atoms with Crippen LogP contribution < -0.4 is 0 Å². The van der Waals surface area contributed by atoms with E-state index < -0.39 is 97.5 Å². The summed E-state index contributed by atoms with van der Waals surface area (Å²) in [6, 6.07) is 0. The quantitative estimate of drug-likeness (QED) is 0.0222. The summed E-state index contributed by atoms with van der Waals surface area (Å²) in [5.41, 5.74) is 0. The second-order valence-corrected chi connectivity index (χ2v) is 29.1. The average molecular weight is 1310 g/mol. The van der Waals surface area contributed by atoms with E-state index in [1.807, 2.05) is 0 Å². The van der Waals surface area contributed by atoms with Gasteiger partial charge in [-0.3, -0.25) is 37.3 Å². The molecule has 0 aliphatic rings. The molecule has 0 aliphatic heterocycles. The summed E-state index contributed by atoms with van der Waals surface area (Å²) in [6.07, 6.45) is 47.5. The fourth-order valence-corrected chi connectivity index (χ4v) is 12.2. The van der Waals surface area contributed by atoms with Crippen LogP contribution in [-0.4, -0.2) is 96.7 Å². The van der Waals surface area contributed by atoms with Crippen LogP contribution >= 0.6 is 15.6 Å². The summed E-state index contributed by atoms with van der Waals surface area (Å²) >= 11 is 0. The van der Waals surface area contributed by atoms with Crippen molar-refractivity contribution < 1.29 is 80.2 Å². The largest absolute Gasteiger partial charge is 0.472 e. The number of carbonyl (C=O) groups is 4. The summed E-state index contributed by atoms with van der Waals surface area (Å²) in [4.78, 5) is 72.4. The van der Waals surface area contributed by atoms with E-state index in [-0.39, 0.29) is 25.7 Å². The Balaban J connectivity index is 5.21. The third-order valence-electron chi connectivity index (χ3n) is 16.2. The molecule has 19 heteroatoms. The number of esters is 4. The molecule has 0 fully saturated rings. The zero-order valence-electron chi connectivity index (χ0n) is 57.7. The third kappa shape index (κ3) is 64.6. The van der Waals surface area contributed by atoms with Gasteiger partial charge in [-0.15, -0.1) is 0 Å². The van der Waals surface area contributed by atoms with Gasteiger partial charge in [0.2, 0.25) is 0 Å². The molecule has 17 nitrogen and oxygen atoms in total. The van der Waals surface area contributed by atoms with Crippen molar-refractivity contribution in [1.82, 2.24) is 0 Å². The highest BCUT2D eigenvalue weighted by Gasteiger charge is 2.30.